The van der Waals surface area contributed by atoms with Crippen LogP contribution in [0.1, 0.15) is 31.0 Å². The maximum atomic E-state index is 4.42. The van der Waals surface area contributed by atoms with Crippen LogP contribution >= 0.6 is 15.9 Å². The third-order valence-corrected chi connectivity index (χ3v) is 3.21. The summed E-state index contributed by atoms with van der Waals surface area (Å²) in [5.41, 5.74) is 2.40. The van der Waals surface area contributed by atoms with Crippen LogP contribution < -0.4 is 0 Å². The van der Waals surface area contributed by atoms with E-state index in [1.54, 1.807) is 0 Å². The number of hydrogen-bond acceptors (Lipinski definition) is 1. The Morgan fingerprint density at radius 3 is 2.60 bits per heavy atom. The molecular formula is C13H14BrN. The molecular weight excluding hydrogens is 250 g/mol. The normalized spacial score (nSPS) is 11.3. The number of rotatable bonds is 1. The molecule has 0 unspecified atom stereocenters. The predicted molar refractivity (Wildman–Crippen MR) is 68.3 cm³/mol. The number of benzene rings is 1. The summed E-state index contributed by atoms with van der Waals surface area (Å²) in [6, 6.07) is 8.70. The third kappa shape index (κ3) is 2.05. The average Bonchev–Trinajstić information content (AvgIpc) is 2.16. The quantitative estimate of drug-likeness (QED) is 0.694. The zero-order chi connectivity index (χ0) is 11.0. The molecule has 0 saturated carbocycles. The minimum absolute atomic E-state index is 0.558. The smallest absolute Gasteiger partial charge is 0.114 e. The summed E-state index contributed by atoms with van der Waals surface area (Å²) in [4.78, 5) is 4.42. The highest BCUT2D eigenvalue weighted by Crippen LogP contribution is 2.26. The summed E-state index contributed by atoms with van der Waals surface area (Å²) in [5.74, 6) is 0.558. The molecule has 15 heavy (non-hydrogen) atoms. The van der Waals surface area contributed by atoms with Crippen LogP contribution in [0, 0.1) is 6.92 Å². The van der Waals surface area contributed by atoms with E-state index in [2.05, 4.69) is 59.0 Å². The van der Waals surface area contributed by atoms with Gasteiger partial charge in [-0.1, -0.05) is 26.0 Å². The number of aryl methyl sites for hydroxylation is 1. The van der Waals surface area contributed by atoms with E-state index < -0.39 is 0 Å². The van der Waals surface area contributed by atoms with Crippen molar-refractivity contribution in [3.05, 3.63) is 40.1 Å². The van der Waals surface area contributed by atoms with Crippen molar-refractivity contribution in [3.8, 4) is 0 Å². The molecule has 78 valence electrons. The first-order valence-corrected chi connectivity index (χ1v) is 5.94. The van der Waals surface area contributed by atoms with E-state index in [1.165, 1.54) is 16.3 Å². The van der Waals surface area contributed by atoms with E-state index in [0.29, 0.717) is 5.92 Å². The summed E-state index contributed by atoms with van der Waals surface area (Å²) in [6.07, 6.45) is 0. The molecule has 0 saturated heterocycles. The largest absolute Gasteiger partial charge is 0.246 e. The SMILES string of the molecule is Cc1cc2ccc(C(C)C)cc2c(Br)n1. The molecule has 0 bridgehead atoms. The van der Waals surface area contributed by atoms with Crippen LogP contribution in [-0.2, 0) is 0 Å². The monoisotopic (exact) mass is 263 g/mol. The van der Waals surface area contributed by atoms with Gasteiger partial charge in [0, 0.05) is 11.1 Å². The van der Waals surface area contributed by atoms with Gasteiger partial charge in [0.25, 0.3) is 0 Å². The standard InChI is InChI=1S/C13H14BrN/c1-8(2)10-4-5-11-6-9(3)15-13(14)12(11)7-10/h4-8H,1-3H3. The second-order valence-electron chi connectivity index (χ2n) is 4.19. The lowest BCUT2D eigenvalue weighted by molar-refractivity contribution is 0.868. The molecule has 0 aliphatic rings. The van der Waals surface area contributed by atoms with Crippen LogP contribution in [0.3, 0.4) is 0 Å². The number of aromatic nitrogens is 1. The molecule has 1 heterocycles. The Bertz CT molecular complexity index is 503. The van der Waals surface area contributed by atoms with E-state index in [1.807, 2.05) is 6.92 Å². The molecule has 1 aromatic heterocycles. The number of fused-ring (bicyclic) bond motifs is 1. The summed E-state index contributed by atoms with van der Waals surface area (Å²) in [6.45, 7) is 6.42. The van der Waals surface area contributed by atoms with Gasteiger partial charge >= 0.3 is 0 Å². The first-order valence-electron chi connectivity index (χ1n) is 5.14. The van der Waals surface area contributed by atoms with Crippen molar-refractivity contribution in [3.63, 3.8) is 0 Å². The van der Waals surface area contributed by atoms with Gasteiger partial charge in [0.05, 0.1) is 0 Å². The van der Waals surface area contributed by atoms with E-state index >= 15 is 0 Å². The van der Waals surface area contributed by atoms with Crippen molar-refractivity contribution >= 4 is 26.7 Å². The molecule has 0 amide bonds. The summed E-state index contributed by atoms with van der Waals surface area (Å²) >= 11 is 3.52. The summed E-state index contributed by atoms with van der Waals surface area (Å²) < 4.78 is 0.944. The molecule has 0 atom stereocenters. The Morgan fingerprint density at radius 1 is 1.20 bits per heavy atom. The van der Waals surface area contributed by atoms with Crippen molar-refractivity contribution in [2.24, 2.45) is 0 Å². The minimum Gasteiger partial charge on any atom is -0.246 e. The van der Waals surface area contributed by atoms with Gasteiger partial charge in [0.2, 0.25) is 0 Å². The topological polar surface area (TPSA) is 12.9 Å². The van der Waals surface area contributed by atoms with Gasteiger partial charge in [-0.15, -0.1) is 0 Å². The zero-order valence-corrected chi connectivity index (χ0v) is 10.8. The molecule has 0 N–H and O–H groups in total. The Morgan fingerprint density at radius 2 is 1.93 bits per heavy atom. The van der Waals surface area contributed by atoms with Gasteiger partial charge in [0.1, 0.15) is 4.60 Å². The van der Waals surface area contributed by atoms with Crippen molar-refractivity contribution in [2.75, 3.05) is 0 Å². The number of nitrogens with zero attached hydrogens (tertiary/aromatic N) is 1. The van der Waals surface area contributed by atoms with Crippen molar-refractivity contribution in [2.45, 2.75) is 26.7 Å². The van der Waals surface area contributed by atoms with Crippen molar-refractivity contribution < 1.29 is 0 Å². The lowest BCUT2D eigenvalue weighted by Gasteiger charge is -2.08. The van der Waals surface area contributed by atoms with Gasteiger partial charge in [0.15, 0.2) is 0 Å². The second kappa shape index (κ2) is 3.93. The average molecular weight is 264 g/mol. The van der Waals surface area contributed by atoms with Gasteiger partial charge in [-0.05, 0) is 51.9 Å². The number of hydrogen-bond donors (Lipinski definition) is 0. The van der Waals surface area contributed by atoms with Crippen LogP contribution in [0.4, 0.5) is 0 Å². The number of halogens is 1. The molecule has 2 heteroatoms. The molecule has 2 aromatic rings. The highest BCUT2D eigenvalue weighted by atomic mass is 79.9. The van der Waals surface area contributed by atoms with E-state index in [9.17, 15) is 0 Å². The molecule has 1 nitrogen and oxygen atoms in total. The molecule has 0 aliphatic carbocycles. The summed E-state index contributed by atoms with van der Waals surface area (Å²) in [5, 5.41) is 2.45. The lowest BCUT2D eigenvalue weighted by Crippen LogP contribution is -1.89. The fraction of sp³-hybridized carbons (Fsp3) is 0.308. The highest BCUT2D eigenvalue weighted by molar-refractivity contribution is 9.10. The molecule has 2 rings (SSSR count). The highest BCUT2D eigenvalue weighted by Gasteiger charge is 2.04. The van der Waals surface area contributed by atoms with Gasteiger partial charge in [-0.3, -0.25) is 0 Å². The maximum Gasteiger partial charge on any atom is 0.114 e. The van der Waals surface area contributed by atoms with Crippen LogP contribution in [0.25, 0.3) is 10.8 Å². The second-order valence-corrected chi connectivity index (χ2v) is 4.94. The summed E-state index contributed by atoms with van der Waals surface area (Å²) in [7, 11) is 0. The Kier molecular flexibility index (Phi) is 2.79. The third-order valence-electron chi connectivity index (χ3n) is 2.61. The molecule has 0 spiro atoms. The maximum absolute atomic E-state index is 4.42. The van der Waals surface area contributed by atoms with E-state index in [0.717, 1.165) is 10.3 Å². The van der Waals surface area contributed by atoms with Gasteiger partial charge in [-0.2, -0.15) is 0 Å². The fourth-order valence-corrected chi connectivity index (χ4v) is 2.33. The van der Waals surface area contributed by atoms with Crippen molar-refractivity contribution in [1.29, 1.82) is 0 Å². The zero-order valence-electron chi connectivity index (χ0n) is 9.21. The van der Waals surface area contributed by atoms with Gasteiger partial charge < -0.3 is 0 Å². The first-order chi connectivity index (χ1) is 7.08. The van der Waals surface area contributed by atoms with Crippen LogP contribution in [0.2, 0.25) is 0 Å². The molecule has 0 radical (unpaired) electrons. The minimum atomic E-state index is 0.558. The van der Waals surface area contributed by atoms with E-state index in [-0.39, 0.29) is 0 Å². The van der Waals surface area contributed by atoms with Crippen LogP contribution in [0.5, 0.6) is 0 Å². The number of pyridine rings is 1. The Hall–Kier alpha value is -0.890. The van der Waals surface area contributed by atoms with Crippen LogP contribution in [-0.4, -0.2) is 4.98 Å². The first kappa shape index (κ1) is 10.6. The predicted octanol–water partition coefficient (Wildman–Crippen LogP) is 4.43. The molecule has 0 aliphatic heterocycles. The van der Waals surface area contributed by atoms with Crippen molar-refractivity contribution in [1.82, 2.24) is 4.98 Å². The lowest BCUT2D eigenvalue weighted by atomic mass is 10.00. The Balaban J connectivity index is 2.71. The van der Waals surface area contributed by atoms with Gasteiger partial charge in [-0.25, -0.2) is 4.98 Å². The fourth-order valence-electron chi connectivity index (χ4n) is 1.71. The van der Waals surface area contributed by atoms with E-state index in [4.69, 9.17) is 0 Å². The Labute approximate surface area is 98.7 Å². The molecule has 0 fully saturated rings. The van der Waals surface area contributed by atoms with Crippen LogP contribution in [0.15, 0.2) is 28.9 Å². The molecule has 1 aromatic carbocycles.